The molecule has 2 rings (SSSR count). The zero-order valence-corrected chi connectivity index (χ0v) is 8.75. The molecule has 0 spiro atoms. The first-order valence-corrected chi connectivity index (χ1v) is 4.84. The van der Waals surface area contributed by atoms with Gasteiger partial charge < -0.3 is 0 Å². The van der Waals surface area contributed by atoms with Crippen LogP contribution in [0.15, 0.2) is 41.4 Å². The van der Waals surface area contributed by atoms with E-state index >= 15 is 0 Å². The van der Waals surface area contributed by atoms with Gasteiger partial charge >= 0.3 is 0 Å². The fourth-order valence-electron chi connectivity index (χ4n) is 1.37. The topological polar surface area (TPSA) is 12.9 Å². The van der Waals surface area contributed by atoms with Gasteiger partial charge in [0.15, 0.2) is 0 Å². The summed E-state index contributed by atoms with van der Waals surface area (Å²) in [5.41, 5.74) is 3.31. The molecule has 14 heavy (non-hydrogen) atoms. The predicted octanol–water partition coefficient (Wildman–Crippen LogP) is 3.15. The van der Waals surface area contributed by atoms with Crippen molar-refractivity contribution in [3.63, 3.8) is 0 Å². The molecule has 2 heteroatoms. The second-order valence-corrected chi connectivity index (χ2v) is 3.66. The Balaban J connectivity index is 2.57. The summed E-state index contributed by atoms with van der Waals surface area (Å²) in [6, 6.07) is 12.8. The number of hydrogen-bond acceptors (Lipinski definition) is 2. The van der Waals surface area contributed by atoms with Gasteiger partial charge in [0.1, 0.15) is 0 Å². The van der Waals surface area contributed by atoms with Gasteiger partial charge in [-0.25, -0.2) is 0 Å². The van der Waals surface area contributed by atoms with Crippen molar-refractivity contribution in [1.82, 2.24) is 4.98 Å². The molecule has 0 unspecified atom stereocenters. The van der Waals surface area contributed by atoms with Crippen LogP contribution in [-0.4, -0.2) is 4.98 Å². The van der Waals surface area contributed by atoms with Crippen molar-refractivity contribution in [1.29, 1.82) is 0 Å². The van der Waals surface area contributed by atoms with E-state index in [4.69, 9.17) is 0 Å². The van der Waals surface area contributed by atoms with E-state index in [1.165, 1.54) is 5.56 Å². The third kappa shape index (κ3) is 1.80. The lowest BCUT2D eigenvalue weighted by molar-refractivity contribution is 1.28. The molecule has 1 radical (unpaired) electrons. The fraction of sp³-hybridized carbons (Fsp3) is 0.0833. The summed E-state index contributed by atoms with van der Waals surface area (Å²) in [4.78, 5) is 5.22. The number of benzene rings is 1. The molecule has 1 nitrogen and oxygen atoms in total. The van der Waals surface area contributed by atoms with Crippen LogP contribution in [0, 0.1) is 13.0 Å². The van der Waals surface area contributed by atoms with Crippen molar-refractivity contribution in [2.45, 2.75) is 11.8 Å². The standard InChI is InChI=1S/C12H10NS/c1-9-5-6-10(14)8-11(9)12-4-2-3-7-13-12/h2,4-8,14H,1H3. The summed E-state index contributed by atoms with van der Waals surface area (Å²) in [5, 5.41) is 0. The highest BCUT2D eigenvalue weighted by atomic mass is 32.1. The minimum atomic E-state index is 0.959. The van der Waals surface area contributed by atoms with E-state index in [0.717, 1.165) is 16.2 Å². The Bertz CT molecular complexity index is 437. The van der Waals surface area contributed by atoms with Crippen LogP contribution < -0.4 is 0 Å². The van der Waals surface area contributed by atoms with Crippen molar-refractivity contribution in [2.24, 2.45) is 0 Å². The molecule has 0 saturated heterocycles. The van der Waals surface area contributed by atoms with Gasteiger partial charge in [-0.15, -0.1) is 12.6 Å². The average molecular weight is 200 g/mol. The Morgan fingerprint density at radius 1 is 1.29 bits per heavy atom. The summed E-state index contributed by atoms with van der Waals surface area (Å²) in [6.45, 7) is 2.07. The molecule has 0 bridgehead atoms. The molecule has 0 N–H and O–H groups in total. The van der Waals surface area contributed by atoms with Crippen LogP contribution in [0.3, 0.4) is 0 Å². The quantitative estimate of drug-likeness (QED) is 0.698. The lowest BCUT2D eigenvalue weighted by Crippen LogP contribution is -1.86. The van der Waals surface area contributed by atoms with Crippen molar-refractivity contribution >= 4 is 12.6 Å². The number of hydrogen-bond donors (Lipinski definition) is 1. The number of rotatable bonds is 1. The van der Waals surface area contributed by atoms with Crippen LogP contribution in [-0.2, 0) is 0 Å². The maximum atomic E-state index is 4.32. The van der Waals surface area contributed by atoms with Gasteiger partial charge in [0.05, 0.1) is 5.69 Å². The highest BCUT2D eigenvalue weighted by molar-refractivity contribution is 7.80. The molecule has 0 fully saturated rings. The van der Waals surface area contributed by atoms with Gasteiger partial charge in [0, 0.05) is 22.7 Å². The lowest BCUT2D eigenvalue weighted by Gasteiger charge is -2.05. The molecule has 1 aromatic carbocycles. The van der Waals surface area contributed by atoms with Crippen LogP contribution in [0.4, 0.5) is 0 Å². The Labute approximate surface area is 89.2 Å². The highest BCUT2D eigenvalue weighted by Crippen LogP contribution is 2.23. The van der Waals surface area contributed by atoms with Crippen LogP contribution in [0.2, 0.25) is 0 Å². The van der Waals surface area contributed by atoms with Gasteiger partial charge in [-0.3, -0.25) is 4.98 Å². The minimum absolute atomic E-state index is 0.959. The normalized spacial score (nSPS) is 10.1. The Hall–Kier alpha value is -1.28. The van der Waals surface area contributed by atoms with Crippen LogP contribution >= 0.6 is 12.6 Å². The molecule has 1 aromatic heterocycles. The summed E-state index contributed by atoms with van der Waals surface area (Å²) < 4.78 is 0. The number of nitrogens with zero attached hydrogens (tertiary/aromatic N) is 1. The van der Waals surface area contributed by atoms with E-state index < -0.39 is 0 Å². The van der Waals surface area contributed by atoms with Crippen molar-refractivity contribution in [3.05, 3.63) is 48.2 Å². The zero-order chi connectivity index (χ0) is 9.97. The Morgan fingerprint density at radius 2 is 2.14 bits per heavy atom. The van der Waals surface area contributed by atoms with Crippen molar-refractivity contribution < 1.29 is 0 Å². The van der Waals surface area contributed by atoms with Crippen molar-refractivity contribution in [3.8, 4) is 11.3 Å². The largest absolute Gasteiger partial charge is 0.256 e. The fourth-order valence-corrected chi connectivity index (χ4v) is 1.57. The third-order valence-electron chi connectivity index (χ3n) is 2.11. The average Bonchev–Trinajstić information content (AvgIpc) is 2.23. The third-order valence-corrected chi connectivity index (χ3v) is 2.39. The molecule has 0 amide bonds. The number of pyridine rings is 1. The maximum Gasteiger partial charge on any atom is 0.0705 e. The molecular weight excluding hydrogens is 190 g/mol. The summed E-state index contributed by atoms with van der Waals surface area (Å²) in [7, 11) is 0. The molecule has 0 atom stereocenters. The molecular formula is C12H10NS. The number of aryl methyl sites for hydroxylation is 1. The first-order valence-electron chi connectivity index (χ1n) is 4.39. The molecule has 0 aliphatic carbocycles. The Morgan fingerprint density at radius 3 is 2.86 bits per heavy atom. The van der Waals surface area contributed by atoms with Crippen molar-refractivity contribution in [2.75, 3.05) is 0 Å². The van der Waals surface area contributed by atoms with Gasteiger partial charge in [0.2, 0.25) is 0 Å². The monoisotopic (exact) mass is 200 g/mol. The van der Waals surface area contributed by atoms with Crippen LogP contribution in [0.25, 0.3) is 11.3 Å². The molecule has 0 aliphatic rings. The smallest absolute Gasteiger partial charge is 0.0705 e. The molecule has 69 valence electrons. The van der Waals surface area contributed by atoms with Gasteiger partial charge in [0.25, 0.3) is 0 Å². The van der Waals surface area contributed by atoms with E-state index in [0.29, 0.717) is 0 Å². The number of aromatic nitrogens is 1. The van der Waals surface area contributed by atoms with E-state index in [9.17, 15) is 0 Å². The van der Waals surface area contributed by atoms with Gasteiger partial charge in [-0.2, -0.15) is 0 Å². The first kappa shape index (κ1) is 9.28. The zero-order valence-electron chi connectivity index (χ0n) is 7.86. The van der Waals surface area contributed by atoms with Gasteiger partial charge in [-0.1, -0.05) is 12.1 Å². The van der Waals surface area contributed by atoms with Crippen LogP contribution in [0.5, 0.6) is 0 Å². The molecule has 1 heterocycles. The Kier molecular flexibility index (Phi) is 2.55. The SMILES string of the molecule is Cc1ccc(S)cc1-c1cc[c]cn1. The van der Waals surface area contributed by atoms with E-state index in [1.807, 2.05) is 24.3 Å². The lowest BCUT2D eigenvalue weighted by atomic mass is 10.1. The maximum absolute atomic E-state index is 4.32. The van der Waals surface area contributed by atoms with Gasteiger partial charge in [-0.05, 0) is 30.7 Å². The molecule has 0 saturated carbocycles. The van der Waals surface area contributed by atoms with E-state index in [2.05, 4.69) is 36.7 Å². The second kappa shape index (κ2) is 3.84. The predicted molar refractivity (Wildman–Crippen MR) is 60.5 cm³/mol. The molecule has 0 aliphatic heterocycles. The van der Waals surface area contributed by atoms with Crippen LogP contribution in [0.1, 0.15) is 5.56 Å². The summed E-state index contributed by atoms with van der Waals surface area (Å²) in [5.74, 6) is 0. The van der Waals surface area contributed by atoms with E-state index in [1.54, 1.807) is 6.20 Å². The van der Waals surface area contributed by atoms with E-state index in [-0.39, 0.29) is 0 Å². The highest BCUT2D eigenvalue weighted by Gasteiger charge is 2.02. The second-order valence-electron chi connectivity index (χ2n) is 3.14. The summed E-state index contributed by atoms with van der Waals surface area (Å²) in [6.07, 6.45) is 1.68. The summed E-state index contributed by atoms with van der Waals surface area (Å²) >= 11 is 4.32. The minimum Gasteiger partial charge on any atom is -0.256 e. The number of thiol groups is 1. The first-order chi connectivity index (χ1) is 6.77. The molecule has 2 aromatic rings.